The number of thiophene rings is 1. The van der Waals surface area contributed by atoms with Crippen LogP contribution in [0.4, 0.5) is 0 Å². The minimum Gasteiger partial charge on any atom is -0.485 e. The highest BCUT2D eigenvalue weighted by Gasteiger charge is 2.33. The number of benzene rings is 1. The van der Waals surface area contributed by atoms with E-state index in [0.717, 1.165) is 0 Å². The minimum absolute atomic E-state index is 0.00288. The van der Waals surface area contributed by atoms with Gasteiger partial charge in [0, 0.05) is 39.0 Å². The lowest BCUT2D eigenvalue weighted by molar-refractivity contribution is -0.146. The fourth-order valence-corrected chi connectivity index (χ4v) is 4.15. The predicted molar refractivity (Wildman–Crippen MR) is 107 cm³/mol. The first-order chi connectivity index (χ1) is 14.1. The van der Waals surface area contributed by atoms with E-state index in [1.54, 1.807) is 21.9 Å². The second-order valence-corrected chi connectivity index (χ2v) is 7.92. The lowest BCUT2D eigenvalue weighted by atomic mass is 10.1. The van der Waals surface area contributed by atoms with Crippen molar-refractivity contribution in [2.75, 3.05) is 32.8 Å². The van der Waals surface area contributed by atoms with Crippen LogP contribution in [0.25, 0.3) is 0 Å². The molecule has 0 N–H and O–H groups in total. The molecule has 2 aliphatic heterocycles. The first-order valence-electron chi connectivity index (χ1n) is 9.63. The number of nitrogens with zero attached hydrogens (tertiary/aromatic N) is 2. The van der Waals surface area contributed by atoms with Gasteiger partial charge in [0.25, 0.3) is 5.91 Å². The molecule has 1 fully saturated rings. The average molecular weight is 414 g/mol. The van der Waals surface area contributed by atoms with E-state index in [0.29, 0.717) is 42.6 Å². The molecule has 2 aromatic rings. The molecule has 1 aromatic heterocycles. The molecule has 152 valence electrons. The SMILES string of the molecule is O=C(CCC(=O)N1CCN(C(=O)C2COc3ccccc3O2)CC1)c1cccs1. The Morgan fingerprint density at radius 3 is 2.38 bits per heavy atom. The first kappa shape index (κ1) is 19.4. The first-order valence-corrected chi connectivity index (χ1v) is 10.5. The van der Waals surface area contributed by atoms with Gasteiger partial charge in [0.05, 0.1) is 4.88 Å². The monoisotopic (exact) mass is 414 g/mol. The number of para-hydroxylation sites is 2. The molecule has 8 heteroatoms. The van der Waals surface area contributed by atoms with Gasteiger partial charge in [-0.2, -0.15) is 0 Å². The van der Waals surface area contributed by atoms with Gasteiger partial charge in [-0.05, 0) is 23.6 Å². The summed E-state index contributed by atoms with van der Waals surface area (Å²) in [5.41, 5.74) is 0. The minimum atomic E-state index is -0.671. The Morgan fingerprint density at radius 2 is 1.66 bits per heavy atom. The number of fused-ring (bicyclic) bond motifs is 1. The number of ketones is 1. The number of hydrogen-bond acceptors (Lipinski definition) is 6. The molecule has 0 aliphatic carbocycles. The summed E-state index contributed by atoms with van der Waals surface area (Å²) < 4.78 is 11.4. The molecule has 7 nitrogen and oxygen atoms in total. The lowest BCUT2D eigenvalue weighted by Gasteiger charge is -2.37. The highest BCUT2D eigenvalue weighted by atomic mass is 32.1. The van der Waals surface area contributed by atoms with Crippen LogP contribution >= 0.6 is 11.3 Å². The van der Waals surface area contributed by atoms with Crippen LogP contribution in [0.2, 0.25) is 0 Å². The molecular formula is C21H22N2O5S. The maximum absolute atomic E-state index is 12.8. The van der Waals surface area contributed by atoms with Crippen LogP contribution in [0.5, 0.6) is 11.5 Å². The summed E-state index contributed by atoms with van der Waals surface area (Å²) in [6.07, 6.45) is -0.262. The summed E-state index contributed by atoms with van der Waals surface area (Å²) in [6.45, 7) is 2.00. The van der Waals surface area contributed by atoms with Crippen LogP contribution in [0.1, 0.15) is 22.5 Å². The van der Waals surface area contributed by atoms with Crippen molar-refractivity contribution in [1.29, 1.82) is 0 Å². The van der Waals surface area contributed by atoms with E-state index < -0.39 is 6.10 Å². The smallest absolute Gasteiger partial charge is 0.267 e. The lowest BCUT2D eigenvalue weighted by Crippen LogP contribution is -2.55. The summed E-state index contributed by atoms with van der Waals surface area (Å²) in [4.78, 5) is 41.4. The van der Waals surface area contributed by atoms with Gasteiger partial charge in [-0.25, -0.2) is 0 Å². The number of rotatable bonds is 5. The number of hydrogen-bond donors (Lipinski definition) is 0. The third-order valence-electron chi connectivity index (χ3n) is 5.09. The van der Waals surface area contributed by atoms with Crippen LogP contribution in [-0.2, 0) is 9.59 Å². The Balaban J connectivity index is 1.24. The van der Waals surface area contributed by atoms with Crippen molar-refractivity contribution in [2.45, 2.75) is 18.9 Å². The fourth-order valence-electron chi connectivity index (χ4n) is 3.46. The van der Waals surface area contributed by atoms with Crippen LogP contribution in [0.3, 0.4) is 0 Å². The van der Waals surface area contributed by atoms with Gasteiger partial charge in [-0.1, -0.05) is 18.2 Å². The number of Topliss-reactive ketones (excluding diaryl/α,β-unsaturated/α-hetero) is 1. The van der Waals surface area contributed by atoms with Crippen molar-refractivity contribution in [3.8, 4) is 11.5 Å². The molecule has 1 atom stereocenters. The summed E-state index contributed by atoms with van der Waals surface area (Å²) in [6, 6.07) is 10.9. The standard InChI is InChI=1S/C21H22N2O5S/c24-15(19-6-3-13-29-19)7-8-20(25)22-9-11-23(12-10-22)21(26)18-14-27-16-4-1-2-5-17(16)28-18/h1-6,13,18H,7-12,14H2. The molecule has 0 bridgehead atoms. The largest absolute Gasteiger partial charge is 0.485 e. The van der Waals surface area contributed by atoms with E-state index in [1.807, 2.05) is 29.6 Å². The van der Waals surface area contributed by atoms with Gasteiger partial charge in [0.2, 0.25) is 12.0 Å². The number of piperazine rings is 1. The molecule has 0 spiro atoms. The van der Waals surface area contributed by atoms with Gasteiger partial charge in [0.1, 0.15) is 6.61 Å². The van der Waals surface area contributed by atoms with Gasteiger partial charge < -0.3 is 19.3 Å². The zero-order valence-corrected chi connectivity index (χ0v) is 16.7. The molecule has 1 aromatic carbocycles. The Labute approximate surface area is 172 Å². The molecule has 0 radical (unpaired) electrons. The van der Waals surface area contributed by atoms with Crippen molar-refractivity contribution in [2.24, 2.45) is 0 Å². The molecule has 0 saturated carbocycles. The summed E-state index contributed by atoms with van der Waals surface area (Å²) >= 11 is 1.39. The normalized spacial score (nSPS) is 18.4. The molecule has 2 aliphatic rings. The van der Waals surface area contributed by atoms with Crippen molar-refractivity contribution in [1.82, 2.24) is 9.80 Å². The summed E-state index contributed by atoms with van der Waals surface area (Å²) in [5.74, 6) is 1.04. The highest BCUT2D eigenvalue weighted by molar-refractivity contribution is 7.12. The predicted octanol–water partition coefficient (Wildman–Crippen LogP) is 2.22. The zero-order chi connectivity index (χ0) is 20.2. The van der Waals surface area contributed by atoms with E-state index in [2.05, 4.69) is 0 Å². The van der Waals surface area contributed by atoms with Gasteiger partial charge in [0.15, 0.2) is 17.3 Å². The third-order valence-corrected chi connectivity index (χ3v) is 6.00. The summed E-state index contributed by atoms with van der Waals surface area (Å²) in [5, 5.41) is 1.85. The molecule has 1 saturated heterocycles. The topological polar surface area (TPSA) is 76.2 Å². The number of amides is 2. The Hall–Kier alpha value is -2.87. The highest BCUT2D eigenvalue weighted by Crippen LogP contribution is 2.31. The molecule has 29 heavy (non-hydrogen) atoms. The van der Waals surface area contributed by atoms with Crippen LogP contribution < -0.4 is 9.47 Å². The number of carbonyl (C=O) groups is 3. The Bertz CT molecular complexity index is 890. The van der Waals surface area contributed by atoms with E-state index in [1.165, 1.54) is 11.3 Å². The molecule has 2 amide bonds. The second-order valence-electron chi connectivity index (χ2n) is 6.97. The zero-order valence-electron chi connectivity index (χ0n) is 15.9. The molecular weight excluding hydrogens is 392 g/mol. The third kappa shape index (κ3) is 4.42. The van der Waals surface area contributed by atoms with Crippen molar-refractivity contribution < 1.29 is 23.9 Å². The fraction of sp³-hybridized carbons (Fsp3) is 0.381. The molecule has 3 heterocycles. The van der Waals surface area contributed by atoms with E-state index in [9.17, 15) is 14.4 Å². The van der Waals surface area contributed by atoms with Gasteiger partial charge >= 0.3 is 0 Å². The molecule has 4 rings (SSSR count). The van der Waals surface area contributed by atoms with Crippen LogP contribution in [-0.4, -0.2) is 66.3 Å². The average Bonchev–Trinajstić information content (AvgIpc) is 3.31. The van der Waals surface area contributed by atoms with Crippen molar-refractivity contribution in [3.63, 3.8) is 0 Å². The van der Waals surface area contributed by atoms with Crippen LogP contribution in [0.15, 0.2) is 41.8 Å². The Morgan fingerprint density at radius 1 is 0.931 bits per heavy atom. The van der Waals surface area contributed by atoms with Crippen molar-refractivity contribution >= 4 is 28.9 Å². The van der Waals surface area contributed by atoms with E-state index in [-0.39, 0.29) is 37.0 Å². The van der Waals surface area contributed by atoms with E-state index in [4.69, 9.17) is 9.47 Å². The Kier molecular flexibility index (Phi) is 5.80. The maximum Gasteiger partial charge on any atom is 0.267 e. The molecule has 1 unspecified atom stereocenters. The quantitative estimate of drug-likeness (QED) is 0.702. The number of ether oxygens (including phenoxy) is 2. The maximum atomic E-state index is 12.8. The second kappa shape index (κ2) is 8.65. The van der Waals surface area contributed by atoms with E-state index >= 15 is 0 Å². The number of carbonyl (C=O) groups excluding carboxylic acids is 3. The van der Waals surface area contributed by atoms with Crippen LogP contribution in [0, 0.1) is 0 Å². The van der Waals surface area contributed by atoms with Gasteiger partial charge in [-0.15, -0.1) is 11.3 Å². The van der Waals surface area contributed by atoms with Crippen molar-refractivity contribution in [3.05, 3.63) is 46.7 Å². The summed E-state index contributed by atoms with van der Waals surface area (Å²) in [7, 11) is 0. The van der Waals surface area contributed by atoms with Gasteiger partial charge in [-0.3, -0.25) is 14.4 Å².